The number of hydrogen-bond donors (Lipinski definition) is 1. The van der Waals surface area contributed by atoms with Gasteiger partial charge < -0.3 is 9.88 Å². The van der Waals surface area contributed by atoms with E-state index < -0.39 is 0 Å². The highest BCUT2D eigenvalue weighted by Gasteiger charge is 2.22. The van der Waals surface area contributed by atoms with E-state index in [9.17, 15) is 4.79 Å². The first-order valence-electron chi connectivity index (χ1n) is 8.14. The molecule has 4 heterocycles. The highest BCUT2D eigenvalue weighted by Crippen LogP contribution is 2.18. The van der Waals surface area contributed by atoms with Crippen LogP contribution in [-0.4, -0.2) is 36.3 Å². The number of carbonyl (C=O) groups excluding carboxylic acids is 1. The van der Waals surface area contributed by atoms with E-state index in [0.717, 1.165) is 47.6 Å². The molecule has 1 atom stereocenters. The maximum absolute atomic E-state index is 12.6. The van der Waals surface area contributed by atoms with Crippen LogP contribution in [0.25, 0.3) is 11.0 Å². The number of amides is 1. The lowest BCUT2D eigenvalue weighted by Crippen LogP contribution is -2.40. The molecule has 0 fully saturated rings. The lowest BCUT2D eigenvalue weighted by molar-refractivity contribution is 0.0927. The molecule has 0 spiro atoms. The molecule has 4 rings (SSSR count). The fourth-order valence-corrected chi connectivity index (χ4v) is 3.40. The molecule has 0 aromatic carbocycles. The van der Waals surface area contributed by atoms with E-state index in [4.69, 9.17) is 0 Å². The van der Waals surface area contributed by atoms with Crippen LogP contribution in [0.2, 0.25) is 0 Å². The highest BCUT2D eigenvalue weighted by molar-refractivity contribution is 5.97. The molecule has 1 aliphatic heterocycles. The number of aryl methyl sites for hydroxylation is 4. The number of fused-ring (bicyclic) bond motifs is 2. The molecule has 3 aromatic heterocycles. The minimum Gasteiger partial charge on any atom is -0.347 e. The minimum atomic E-state index is -0.0852. The van der Waals surface area contributed by atoms with Crippen LogP contribution >= 0.6 is 0 Å². The van der Waals surface area contributed by atoms with Crippen molar-refractivity contribution in [2.75, 3.05) is 0 Å². The van der Waals surface area contributed by atoms with Crippen LogP contribution in [0.15, 0.2) is 18.5 Å². The maximum Gasteiger partial charge on any atom is 0.253 e. The summed E-state index contributed by atoms with van der Waals surface area (Å²) < 4.78 is 3.87. The third-order valence-corrected chi connectivity index (χ3v) is 4.57. The van der Waals surface area contributed by atoms with Crippen molar-refractivity contribution in [1.29, 1.82) is 0 Å². The molecule has 24 heavy (non-hydrogen) atoms. The summed E-state index contributed by atoms with van der Waals surface area (Å²) in [6, 6.07) is 1.99. The van der Waals surface area contributed by atoms with Gasteiger partial charge in [0.2, 0.25) is 0 Å². The molecule has 1 amide bonds. The monoisotopic (exact) mass is 324 g/mol. The van der Waals surface area contributed by atoms with Crippen LogP contribution in [0.3, 0.4) is 0 Å². The van der Waals surface area contributed by atoms with Crippen molar-refractivity contribution >= 4 is 16.9 Å². The van der Waals surface area contributed by atoms with E-state index in [1.807, 2.05) is 33.2 Å². The minimum absolute atomic E-state index is 0.0852. The zero-order valence-electron chi connectivity index (χ0n) is 14.1. The summed E-state index contributed by atoms with van der Waals surface area (Å²) in [5, 5.41) is 8.39. The van der Waals surface area contributed by atoms with Crippen molar-refractivity contribution in [2.45, 2.75) is 39.3 Å². The Morgan fingerprint density at radius 2 is 2.21 bits per heavy atom. The third-order valence-electron chi connectivity index (χ3n) is 4.57. The molecule has 0 bridgehead atoms. The molecule has 1 N–H and O–H groups in total. The summed E-state index contributed by atoms with van der Waals surface area (Å²) in [6.07, 6.45) is 5.45. The van der Waals surface area contributed by atoms with Gasteiger partial charge in [0.25, 0.3) is 5.91 Å². The Balaban J connectivity index is 1.53. The van der Waals surface area contributed by atoms with Gasteiger partial charge in [0.15, 0.2) is 5.65 Å². The largest absolute Gasteiger partial charge is 0.347 e. The number of nitrogens with zero attached hydrogens (tertiary/aromatic N) is 5. The average Bonchev–Trinajstić information content (AvgIpc) is 3.06. The molecule has 0 radical (unpaired) electrons. The van der Waals surface area contributed by atoms with Crippen LogP contribution in [0, 0.1) is 13.8 Å². The summed E-state index contributed by atoms with van der Waals surface area (Å²) >= 11 is 0. The summed E-state index contributed by atoms with van der Waals surface area (Å²) in [6.45, 7) is 4.69. The SMILES string of the molecule is Cc1cn2c(n1)CCC(NC(=O)c1cnc3c(c1)c(C)nn3C)C2. The third kappa shape index (κ3) is 2.46. The fourth-order valence-electron chi connectivity index (χ4n) is 3.40. The smallest absolute Gasteiger partial charge is 0.253 e. The normalized spacial score (nSPS) is 17.0. The Morgan fingerprint density at radius 3 is 3.04 bits per heavy atom. The standard InChI is InChI=1S/C17H20N6O/c1-10-8-23-9-13(4-5-15(23)19-10)20-17(24)12-6-14-11(2)21-22(3)16(14)18-7-12/h6-8,13H,4-5,9H2,1-3H3,(H,20,24). The molecule has 1 aliphatic rings. The van der Waals surface area contributed by atoms with E-state index in [1.54, 1.807) is 10.9 Å². The van der Waals surface area contributed by atoms with Crippen molar-refractivity contribution in [1.82, 2.24) is 29.6 Å². The van der Waals surface area contributed by atoms with Gasteiger partial charge in [0.1, 0.15) is 5.82 Å². The van der Waals surface area contributed by atoms with Crippen LogP contribution < -0.4 is 5.32 Å². The van der Waals surface area contributed by atoms with Gasteiger partial charge in [-0.2, -0.15) is 5.10 Å². The highest BCUT2D eigenvalue weighted by atomic mass is 16.1. The van der Waals surface area contributed by atoms with E-state index in [-0.39, 0.29) is 11.9 Å². The molecule has 124 valence electrons. The molecule has 1 unspecified atom stereocenters. The van der Waals surface area contributed by atoms with Gasteiger partial charge in [0.05, 0.1) is 17.0 Å². The number of pyridine rings is 1. The molecule has 0 saturated heterocycles. The molecular formula is C17H20N6O. The second kappa shape index (κ2) is 5.43. The van der Waals surface area contributed by atoms with Gasteiger partial charge in [-0.05, 0) is 26.3 Å². The Kier molecular flexibility index (Phi) is 3.37. The molecule has 7 nitrogen and oxygen atoms in total. The maximum atomic E-state index is 12.6. The first-order chi connectivity index (χ1) is 11.5. The second-order valence-electron chi connectivity index (χ2n) is 6.46. The Labute approximate surface area is 139 Å². The van der Waals surface area contributed by atoms with Crippen LogP contribution in [0.1, 0.15) is 34.0 Å². The van der Waals surface area contributed by atoms with E-state index in [1.165, 1.54) is 0 Å². The zero-order valence-corrected chi connectivity index (χ0v) is 14.1. The summed E-state index contributed by atoms with van der Waals surface area (Å²) in [5.74, 6) is 1.02. The quantitative estimate of drug-likeness (QED) is 0.775. The molecule has 0 aliphatic carbocycles. The Morgan fingerprint density at radius 1 is 1.38 bits per heavy atom. The number of aromatic nitrogens is 5. The Bertz CT molecular complexity index is 938. The van der Waals surface area contributed by atoms with Crippen molar-refractivity contribution in [3.8, 4) is 0 Å². The Hall–Kier alpha value is -2.70. The van der Waals surface area contributed by atoms with Gasteiger partial charge >= 0.3 is 0 Å². The van der Waals surface area contributed by atoms with Gasteiger partial charge in [-0.3, -0.25) is 9.48 Å². The lowest BCUT2D eigenvalue weighted by Gasteiger charge is -2.24. The number of imidazole rings is 1. The van der Waals surface area contributed by atoms with Crippen molar-refractivity contribution in [3.63, 3.8) is 0 Å². The fraction of sp³-hybridized carbons (Fsp3) is 0.412. The number of carbonyl (C=O) groups is 1. The van der Waals surface area contributed by atoms with Crippen LogP contribution in [-0.2, 0) is 20.0 Å². The van der Waals surface area contributed by atoms with Gasteiger partial charge in [-0.1, -0.05) is 0 Å². The molecule has 3 aromatic rings. The van der Waals surface area contributed by atoms with Gasteiger partial charge in [-0.15, -0.1) is 0 Å². The zero-order chi connectivity index (χ0) is 16.8. The predicted octanol–water partition coefficient (Wildman–Crippen LogP) is 1.53. The first-order valence-corrected chi connectivity index (χ1v) is 8.14. The summed E-state index contributed by atoms with van der Waals surface area (Å²) in [4.78, 5) is 21.5. The summed E-state index contributed by atoms with van der Waals surface area (Å²) in [5.41, 5.74) is 3.27. The van der Waals surface area contributed by atoms with E-state index >= 15 is 0 Å². The van der Waals surface area contributed by atoms with Crippen molar-refractivity contribution in [2.24, 2.45) is 7.05 Å². The molecule has 0 saturated carbocycles. The molecular weight excluding hydrogens is 304 g/mol. The van der Waals surface area contributed by atoms with E-state index in [2.05, 4.69) is 25.0 Å². The topological polar surface area (TPSA) is 77.6 Å². The number of hydrogen-bond acceptors (Lipinski definition) is 4. The molecule has 7 heteroatoms. The summed E-state index contributed by atoms with van der Waals surface area (Å²) in [7, 11) is 1.86. The number of nitrogens with one attached hydrogen (secondary N) is 1. The predicted molar refractivity (Wildman–Crippen MR) is 89.8 cm³/mol. The van der Waals surface area contributed by atoms with Crippen LogP contribution in [0.4, 0.5) is 0 Å². The number of rotatable bonds is 2. The van der Waals surface area contributed by atoms with Crippen LogP contribution in [0.5, 0.6) is 0 Å². The second-order valence-corrected chi connectivity index (χ2v) is 6.46. The van der Waals surface area contributed by atoms with Gasteiger partial charge in [-0.25, -0.2) is 9.97 Å². The van der Waals surface area contributed by atoms with Crippen molar-refractivity contribution < 1.29 is 4.79 Å². The first kappa shape index (κ1) is 14.9. The van der Waals surface area contributed by atoms with Crippen molar-refractivity contribution in [3.05, 3.63) is 41.2 Å². The van der Waals surface area contributed by atoms with E-state index in [0.29, 0.717) is 5.56 Å². The average molecular weight is 324 g/mol. The lowest BCUT2D eigenvalue weighted by atomic mass is 10.1. The van der Waals surface area contributed by atoms with Gasteiger partial charge in [0, 0.05) is 43.8 Å².